The van der Waals surface area contributed by atoms with Crippen molar-refractivity contribution < 1.29 is 18.5 Å². The normalized spacial score (nSPS) is 14.9. The number of anilines is 1. The topological polar surface area (TPSA) is 82.5 Å². The van der Waals surface area contributed by atoms with E-state index in [0.717, 1.165) is 22.5 Å². The van der Waals surface area contributed by atoms with Crippen molar-refractivity contribution in [2.75, 3.05) is 18.5 Å². The van der Waals surface area contributed by atoms with Crippen molar-refractivity contribution in [2.45, 2.75) is 32.3 Å². The van der Waals surface area contributed by atoms with Crippen LogP contribution in [0.5, 0.6) is 11.5 Å². The van der Waals surface area contributed by atoms with Crippen molar-refractivity contribution in [1.82, 2.24) is 9.78 Å². The summed E-state index contributed by atoms with van der Waals surface area (Å²) < 4.78 is 25.1. The molecule has 0 aliphatic carbocycles. The minimum absolute atomic E-state index is 0.292. The molecule has 3 aromatic rings. The predicted octanol–water partition coefficient (Wildman–Crippen LogP) is 3.99. The van der Waals surface area contributed by atoms with Crippen LogP contribution in [-0.4, -0.2) is 33.1 Å². The lowest BCUT2D eigenvalue weighted by molar-refractivity contribution is 0.102. The Labute approximate surface area is 183 Å². The number of rotatable bonds is 7. The van der Waals surface area contributed by atoms with Gasteiger partial charge in [0.2, 0.25) is 0 Å². The molecule has 1 aromatic heterocycles. The van der Waals surface area contributed by atoms with E-state index < -0.39 is 10.8 Å². The number of carbonyl (C=O) groups excluding carboxylic acids is 1. The summed E-state index contributed by atoms with van der Waals surface area (Å²) in [5.74, 6) is 2.17. The van der Waals surface area contributed by atoms with Crippen LogP contribution in [0.2, 0.25) is 0 Å². The molecule has 0 spiro atoms. The number of aryl methyl sites for hydroxylation is 1. The van der Waals surface area contributed by atoms with Gasteiger partial charge in [-0.25, -0.2) is 4.68 Å². The molecule has 1 amide bonds. The zero-order chi connectivity index (χ0) is 22.0. The molecule has 8 heteroatoms. The van der Waals surface area contributed by atoms with E-state index in [2.05, 4.69) is 10.4 Å². The third kappa shape index (κ3) is 4.20. The summed E-state index contributed by atoms with van der Waals surface area (Å²) in [7, 11) is -1.00. The van der Waals surface area contributed by atoms with Crippen molar-refractivity contribution >= 4 is 22.5 Å². The summed E-state index contributed by atoms with van der Waals surface area (Å²) in [5.41, 5.74) is 3.93. The Hall–Kier alpha value is -3.13. The number of para-hydroxylation sites is 1. The SMILES string of the molecule is CCOc1ccc(C(=O)Nc2c3c(nn2-c2ccccc2C)CS(=O)C3)cc1OCC. The lowest BCUT2D eigenvalue weighted by Crippen LogP contribution is -2.17. The molecule has 0 bridgehead atoms. The largest absolute Gasteiger partial charge is 0.490 e. The van der Waals surface area contributed by atoms with Crippen molar-refractivity contribution in [3.63, 3.8) is 0 Å². The summed E-state index contributed by atoms with van der Waals surface area (Å²) >= 11 is 0. The number of aromatic nitrogens is 2. The van der Waals surface area contributed by atoms with Gasteiger partial charge in [-0.15, -0.1) is 0 Å². The highest BCUT2D eigenvalue weighted by molar-refractivity contribution is 7.83. The van der Waals surface area contributed by atoms with Gasteiger partial charge in [-0.2, -0.15) is 5.10 Å². The summed E-state index contributed by atoms with van der Waals surface area (Å²) in [6.45, 7) is 6.74. The lowest BCUT2D eigenvalue weighted by atomic mass is 10.1. The van der Waals surface area contributed by atoms with Crippen molar-refractivity contribution in [3.8, 4) is 17.2 Å². The molecule has 0 saturated heterocycles. The first-order chi connectivity index (χ1) is 15.0. The zero-order valence-electron chi connectivity index (χ0n) is 17.8. The van der Waals surface area contributed by atoms with E-state index in [1.54, 1.807) is 22.9 Å². The molecular formula is C23H25N3O4S. The Balaban J connectivity index is 1.71. The number of carbonyl (C=O) groups is 1. The number of hydrogen-bond donors (Lipinski definition) is 1. The van der Waals surface area contributed by atoms with E-state index >= 15 is 0 Å². The number of fused-ring (bicyclic) bond motifs is 1. The third-order valence-corrected chi connectivity index (χ3v) is 6.26. The number of hydrogen-bond acceptors (Lipinski definition) is 5. The fourth-order valence-corrected chi connectivity index (χ4v) is 4.87. The number of benzene rings is 2. The standard InChI is InChI=1S/C23H25N3O4S/c1-4-29-20-11-10-16(12-21(20)30-5-2)23(27)24-22-17-13-31(28)14-18(17)25-26(22)19-9-7-6-8-15(19)3/h6-12H,4-5,13-14H2,1-3H3,(H,24,27). The van der Waals surface area contributed by atoms with E-state index in [1.165, 1.54) is 0 Å². The van der Waals surface area contributed by atoms with Gasteiger partial charge >= 0.3 is 0 Å². The van der Waals surface area contributed by atoms with E-state index in [-0.39, 0.29) is 5.91 Å². The van der Waals surface area contributed by atoms with Crippen LogP contribution in [0.1, 0.15) is 41.0 Å². The first-order valence-electron chi connectivity index (χ1n) is 10.2. The van der Waals surface area contributed by atoms with Gasteiger partial charge in [0.15, 0.2) is 11.5 Å². The Morgan fingerprint density at radius 2 is 1.84 bits per heavy atom. The Morgan fingerprint density at radius 3 is 2.58 bits per heavy atom. The molecule has 0 radical (unpaired) electrons. The van der Waals surface area contributed by atoms with Crippen molar-refractivity contribution in [3.05, 3.63) is 64.8 Å². The molecule has 0 fully saturated rings. The minimum Gasteiger partial charge on any atom is -0.490 e. The van der Waals surface area contributed by atoms with Crippen LogP contribution in [-0.2, 0) is 22.3 Å². The molecule has 1 unspecified atom stereocenters. The number of amides is 1. The molecule has 1 aliphatic heterocycles. The van der Waals surface area contributed by atoms with Crippen molar-refractivity contribution in [2.24, 2.45) is 0 Å². The Bertz CT molecular complexity index is 1160. The lowest BCUT2D eigenvalue weighted by Gasteiger charge is -2.14. The predicted molar refractivity (Wildman–Crippen MR) is 121 cm³/mol. The molecule has 7 nitrogen and oxygen atoms in total. The van der Waals surface area contributed by atoms with Gasteiger partial charge < -0.3 is 14.8 Å². The van der Waals surface area contributed by atoms with E-state index in [9.17, 15) is 9.00 Å². The van der Waals surface area contributed by atoms with E-state index in [1.807, 2.05) is 45.0 Å². The molecule has 2 aromatic carbocycles. The Kier molecular flexibility index (Phi) is 6.08. The maximum Gasteiger partial charge on any atom is 0.256 e. The van der Waals surface area contributed by atoms with E-state index in [0.29, 0.717) is 47.6 Å². The van der Waals surface area contributed by atoms with Gasteiger partial charge in [-0.05, 0) is 50.6 Å². The monoisotopic (exact) mass is 439 g/mol. The zero-order valence-corrected chi connectivity index (χ0v) is 18.6. The maximum atomic E-state index is 13.2. The maximum absolute atomic E-state index is 13.2. The highest BCUT2D eigenvalue weighted by atomic mass is 32.2. The molecule has 1 N–H and O–H groups in total. The second kappa shape index (κ2) is 8.93. The number of nitrogens with zero attached hydrogens (tertiary/aromatic N) is 2. The molecule has 0 saturated carbocycles. The summed E-state index contributed by atoms with van der Waals surface area (Å²) in [4.78, 5) is 13.2. The molecule has 1 aliphatic rings. The third-order valence-electron chi connectivity index (χ3n) is 5.05. The second-order valence-electron chi connectivity index (χ2n) is 7.18. The Morgan fingerprint density at radius 1 is 1.10 bits per heavy atom. The first kappa shape index (κ1) is 21.1. The molecule has 31 heavy (non-hydrogen) atoms. The van der Waals surface area contributed by atoms with Gasteiger partial charge in [-0.3, -0.25) is 9.00 Å². The van der Waals surface area contributed by atoms with Crippen LogP contribution in [0.15, 0.2) is 42.5 Å². The highest BCUT2D eigenvalue weighted by Gasteiger charge is 2.29. The van der Waals surface area contributed by atoms with Crippen LogP contribution in [0.3, 0.4) is 0 Å². The quantitative estimate of drug-likeness (QED) is 0.602. The highest BCUT2D eigenvalue weighted by Crippen LogP contribution is 2.33. The van der Waals surface area contributed by atoms with Crippen LogP contribution < -0.4 is 14.8 Å². The second-order valence-corrected chi connectivity index (χ2v) is 8.64. The van der Waals surface area contributed by atoms with Crippen LogP contribution >= 0.6 is 0 Å². The minimum atomic E-state index is -1.00. The van der Waals surface area contributed by atoms with Gasteiger partial charge in [0, 0.05) is 21.9 Å². The smallest absolute Gasteiger partial charge is 0.256 e. The van der Waals surface area contributed by atoms with Gasteiger partial charge in [-0.1, -0.05) is 18.2 Å². The molecule has 1 atom stereocenters. The molecule has 162 valence electrons. The van der Waals surface area contributed by atoms with Gasteiger partial charge in [0.1, 0.15) is 5.82 Å². The number of ether oxygens (including phenoxy) is 2. The fourth-order valence-electron chi connectivity index (χ4n) is 3.60. The first-order valence-corrected chi connectivity index (χ1v) is 11.7. The van der Waals surface area contributed by atoms with Gasteiger partial charge in [0.25, 0.3) is 5.91 Å². The molecular weight excluding hydrogens is 414 g/mol. The molecule has 2 heterocycles. The number of nitrogens with one attached hydrogen (secondary N) is 1. The van der Waals surface area contributed by atoms with Crippen molar-refractivity contribution in [1.29, 1.82) is 0 Å². The summed E-state index contributed by atoms with van der Waals surface area (Å²) in [6, 6.07) is 13.0. The van der Waals surface area contributed by atoms with Gasteiger partial charge in [0.05, 0.1) is 36.1 Å². The summed E-state index contributed by atoms with van der Waals surface area (Å²) in [6.07, 6.45) is 0. The average Bonchev–Trinajstić information content (AvgIpc) is 3.27. The molecule has 4 rings (SSSR count). The summed E-state index contributed by atoms with van der Waals surface area (Å²) in [5, 5.41) is 7.67. The van der Waals surface area contributed by atoms with E-state index in [4.69, 9.17) is 9.47 Å². The fraction of sp³-hybridized carbons (Fsp3) is 0.304. The van der Waals surface area contributed by atoms with Crippen LogP contribution in [0, 0.1) is 6.92 Å². The average molecular weight is 440 g/mol. The van der Waals surface area contributed by atoms with Crippen LogP contribution in [0.4, 0.5) is 5.82 Å². The van der Waals surface area contributed by atoms with Crippen LogP contribution in [0.25, 0.3) is 5.69 Å².